The van der Waals surface area contributed by atoms with Gasteiger partial charge in [-0.1, -0.05) is 19.1 Å². The van der Waals surface area contributed by atoms with Gasteiger partial charge in [-0.05, 0) is 82.9 Å². The molecule has 0 saturated carbocycles. The largest absolute Gasteiger partial charge is 0.368 e. The molecule has 35 heavy (non-hydrogen) atoms. The van der Waals surface area contributed by atoms with Crippen molar-refractivity contribution in [1.82, 2.24) is 9.38 Å². The lowest BCUT2D eigenvalue weighted by Crippen LogP contribution is -2.46. The fourth-order valence-corrected chi connectivity index (χ4v) is 5.18. The van der Waals surface area contributed by atoms with Crippen molar-refractivity contribution in [2.75, 3.05) is 36.0 Å². The Morgan fingerprint density at radius 1 is 0.943 bits per heavy atom. The first-order valence-corrected chi connectivity index (χ1v) is 12.9. The van der Waals surface area contributed by atoms with E-state index in [1.807, 2.05) is 41.8 Å². The highest BCUT2D eigenvalue weighted by Gasteiger charge is 2.20. The van der Waals surface area contributed by atoms with Crippen LogP contribution in [-0.2, 0) is 12.8 Å². The summed E-state index contributed by atoms with van der Waals surface area (Å²) in [4.78, 5) is 22.5. The Balaban J connectivity index is 1.20. The first kappa shape index (κ1) is 23.5. The molecular formula is C28H28BrFN4O. The molecule has 0 unspecified atom stereocenters. The van der Waals surface area contributed by atoms with Crippen molar-refractivity contribution < 1.29 is 9.18 Å². The third kappa shape index (κ3) is 4.96. The maximum absolute atomic E-state index is 13.2. The smallest absolute Gasteiger partial charge is 0.181 e. The van der Waals surface area contributed by atoms with E-state index in [4.69, 9.17) is 0 Å². The zero-order valence-electron chi connectivity index (χ0n) is 19.8. The number of aromatic nitrogens is 2. The zero-order chi connectivity index (χ0) is 24.4. The van der Waals surface area contributed by atoms with Crippen molar-refractivity contribution in [3.05, 3.63) is 94.1 Å². The van der Waals surface area contributed by atoms with Crippen LogP contribution in [0.15, 0.2) is 71.3 Å². The van der Waals surface area contributed by atoms with Crippen LogP contribution in [0.25, 0.3) is 5.65 Å². The van der Waals surface area contributed by atoms with Crippen molar-refractivity contribution in [3.8, 4) is 0 Å². The van der Waals surface area contributed by atoms with Gasteiger partial charge in [-0.25, -0.2) is 9.37 Å². The third-order valence-electron chi connectivity index (χ3n) is 6.69. The highest BCUT2D eigenvalue weighted by molar-refractivity contribution is 9.10. The molecule has 0 aliphatic carbocycles. The number of ketones is 1. The molecule has 0 radical (unpaired) electrons. The van der Waals surface area contributed by atoms with Gasteiger partial charge in [-0.2, -0.15) is 0 Å². The second kappa shape index (κ2) is 10.2. The number of carbonyl (C=O) groups is 1. The van der Waals surface area contributed by atoms with Gasteiger partial charge in [-0.15, -0.1) is 0 Å². The summed E-state index contributed by atoms with van der Waals surface area (Å²) in [6, 6.07) is 19.1. The maximum atomic E-state index is 13.2. The highest BCUT2D eigenvalue weighted by atomic mass is 79.9. The Kier molecular flexibility index (Phi) is 6.86. The number of pyridine rings is 1. The van der Waals surface area contributed by atoms with Crippen molar-refractivity contribution in [3.63, 3.8) is 0 Å². The predicted octanol–water partition coefficient (Wildman–Crippen LogP) is 5.94. The number of hydrogen-bond acceptors (Lipinski definition) is 4. The molecule has 5 nitrogen and oxygen atoms in total. The van der Waals surface area contributed by atoms with Gasteiger partial charge in [0.15, 0.2) is 11.4 Å². The number of benzene rings is 2. The summed E-state index contributed by atoms with van der Waals surface area (Å²) < 4.78 is 16.0. The van der Waals surface area contributed by atoms with Gasteiger partial charge in [-0.3, -0.25) is 9.20 Å². The first-order valence-electron chi connectivity index (χ1n) is 12.1. The van der Waals surface area contributed by atoms with Gasteiger partial charge in [0.05, 0.1) is 10.2 Å². The van der Waals surface area contributed by atoms with Crippen LogP contribution in [-0.4, -0.2) is 41.3 Å². The molecule has 7 heteroatoms. The molecule has 2 aromatic heterocycles. The molecule has 1 aliphatic heterocycles. The van der Waals surface area contributed by atoms with E-state index < -0.39 is 0 Å². The molecule has 180 valence electrons. The molecule has 0 amide bonds. The van der Waals surface area contributed by atoms with Crippen LogP contribution in [0.5, 0.6) is 0 Å². The number of carbonyl (C=O) groups excluding carboxylic acids is 1. The molecule has 4 aromatic rings. The van der Waals surface area contributed by atoms with Crippen LogP contribution in [0.2, 0.25) is 0 Å². The SMILES string of the molecule is CCc1nc2c(Br)cccn2c1C(=O)CCc1ccc(N2CCN(c3ccc(F)cc3)CC2)cc1. The van der Waals surface area contributed by atoms with Gasteiger partial charge in [0.1, 0.15) is 11.5 Å². The molecule has 0 spiro atoms. The number of aryl methyl sites for hydroxylation is 2. The highest BCUT2D eigenvalue weighted by Crippen LogP contribution is 2.24. The van der Waals surface area contributed by atoms with E-state index in [9.17, 15) is 9.18 Å². The average Bonchev–Trinajstić information content (AvgIpc) is 3.28. The summed E-state index contributed by atoms with van der Waals surface area (Å²) >= 11 is 3.54. The van der Waals surface area contributed by atoms with Gasteiger partial charge < -0.3 is 9.80 Å². The van der Waals surface area contributed by atoms with Gasteiger partial charge >= 0.3 is 0 Å². The number of fused-ring (bicyclic) bond motifs is 1. The summed E-state index contributed by atoms with van der Waals surface area (Å²) in [5.41, 5.74) is 5.74. The molecular weight excluding hydrogens is 507 g/mol. The lowest BCUT2D eigenvalue weighted by Gasteiger charge is -2.37. The molecule has 0 bridgehead atoms. The van der Waals surface area contributed by atoms with E-state index in [1.54, 1.807) is 0 Å². The van der Waals surface area contributed by atoms with Gasteiger partial charge in [0, 0.05) is 50.2 Å². The van der Waals surface area contributed by atoms with Crippen LogP contribution >= 0.6 is 15.9 Å². The molecule has 0 atom stereocenters. The Morgan fingerprint density at radius 2 is 1.54 bits per heavy atom. The summed E-state index contributed by atoms with van der Waals surface area (Å²) in [5, 5.41) is 0. The number of rotatable bonds is 7. The van der Waals surface area contributed by atoms with Crippen molar-refractivity contribution in [1.29, 1.82) is 0 Å². The fourth-order valence-electron chi connectivity index (χ4n) is 4.75. The Hall–Kier alpha value is -3.19. The second-order valence-corrected chi connectivity index (χ2v) is 9.70. The molecule has 1 fully saturated rings. The summed E-state index contributed by atoms with van der Waals surface area (Å²) in [5.74, 6) is -0.0833. The quantitative estimate of drug-likeness (QED) is 0.275. The second-order valence-electron chi connectivity index (χ2n) is 8.85. The molecule has 0 N–H and O–H groups in total. The molecule has 5 rings (SSSR count). The van der Waals surface area contributed by atoms with E-state index in [-0.39, 0.29) is 11.6 Å². The standard InChI is InChI=1S/C28H28BrFN4O/c1-2-25-27(34-15-3-4-24(29)28(34)31-25)26(35)14-7-20-5-10-22(11-6-20)32-16-18-33(19-17-32)23-12-8-21(30)9-13-23/h3-6,8-13,15H,2,7,14,16-19H2,1H3. The number of imidazole rings is 1. The first-order chi connectivity index (χ1) is 17.0. The zero-order valence-corrected chi connectivity index (χ0v) is 21.3. The Labute approximate surface area is 213 Å². The van der Waals surface area contributed by atoms with E-state index in [1.165, 1.54) is 17.8 Å². The van der Waals surface area contributed by atoms with Crippen LogP contribution in [0, 0.1) is 5.82 Å². The average molecular weight is 535 g/mol. The topological polar surface area (TPSA) is 40.9 Å². The fraction of sp³-hybridized carbons (Fsp3) is 0.286. The number of anilines is 2. The predicted molar refractivity (Wildman–Crippen MR) is 142 cm³/mol. The minimum absolute atomic E-state index is 0.119. The Morgan fingerprint density at radius 3 is 2.14 bits per heavy atom. The summed E-state index contributed by atoms with van der Waals surface area (Å²) in [7, 11) is 0. The lowest BCUT2D eigenvalue weighted by molar-refractivity contribution is 0.0976. The van der Waals surface area contributed by atoms with Crippen LogP contribution in [0.1, 0.15) is 35.1 Å². The molecule has 2 aromatic carbocycles. The molecule has 1 saturated heterocycles. The van der Waals surface area contributed by atoms with E-state index in [0.717, 1.165) is 59.7 Å². The maximum Gasteiger partial charge on any atom is 0.181 e. The third-order valence-corrected chi connectivity index (χ3v) is 7.31. The normalized spacial score (nSPS) is 14.0. The van der Waals surface area contributed by atoms with Crippen LogP contribution < -0.4 is 9.80 Å². The number of nitrogens with zero attached hydrogens (tertiary/aromatic N) is 4. The molecule has 3 heterocycles. The summed E-state index contributed by atoms with van der Waals surface area (Å²) in [6.07, 6.45) is 3.77. The summed E-state index contributed by atoms with van der Waals surface area (Å²) in [6.45, 7) is 5.66. The van der Waals surface area contributed by atoms with Gasteiger partial charge in [0.25, 0.3) is 0 Å². The van der Waals surface area contributed by atoms with Crippen LogP contribution in [0.4, 0.5) is 15.8 Å². The number of piperazine rings is 1. The minimum atomic E-state index is -0.202. The minimum Gasteiger partial charge on any atom is -0.368 e. The number of hydrogen-bond donors (Lipinski definition) is 0. The number of halogens is 2. The van der Waals surface area contributed by atoms with Crippen LogP contribution in [0.3, 0.4) is 0 Å². The van der Waals surface area contributed by atoms with Crippen molar-refractivity contribution >= 4 is 38.7 Å². The van der Waals surface area contributed by atoms with Crippen molar-refractivity contribution in [2.45, 2.75) is 26.2 Å². The molecule has 1 aliphatic rings. The monoisotopic (exact) mass is 534 g/mol. The Bertz CT molecular complexity index is 1330. The number of Topliss-reactive ketones (excluding diaryl/α,β-unsaturated/α-hetero) is 1. The van der Waals surface area contributed by atoms with E-state index in [0.29, 0.717) is 18.5 Å². The van der Waals surface area contributed by atoms with E-state index in [2.05, 4.69) is 55.0 Å². The van der Waals surface area contributed by atoms with Crippen molar-refractivity contribution in [2.24, 2.45) is 0 Å². The van der Waals surface area contributed by atoms with Gasteiger partial charge in [0.2, 0.25) is 0 Å². The van der Waals surface area contributed by atoms with E-state index >= 15 is 0 Å². The lowest BCUT2D eigenvalue weighted by atomic mass is 10.0.